The molecule has 2 fully saturated rings. The van der Waals surface area contributed by atoms with Crippen molar-refractivity contribution in [3.63, 3.8) is 0 Å². The molecule has 0 bridgehead atoms. The number of aryl methyl sites for hydroxylation is 1. The monoisotopic (exact) mass is 335 g/mol. The molecule has 7 heteroatoms. The average molecular weight is 335 g/mol. The second-order valence-corrected chi connectivity index (χ2v) is 7.40. The Hall–Kier alpha value is -1.34. The van der Waals surface area contributed by atoms with E-state index in [4.69, 9.17) is 0 Å². The molecule has 23 heavy (non-hydrogen) atoms. The minimum Gasteiger partial charge on any atom is -0.332 e. The first-order valence-electron chi connectivity index (χ1n) is 8.34. The topological polar surface area (TPSA) is 61.4 Å². The van der Waals surface area contributed by atoms with Crippen molar-refractivity contribution in [1.29, 1.82) is 0 Å². The van der Waals surface area contributed by atoms with E-state index in [0.29, 0.717) is 6.54 Å². The molecule has 0 aliphatic carbocycles. The van der Waals surface area contributed by atoms with E-state index in [1.807, 2.05) is 11.8 Å². The van der Waals surface area contributed by atoms with Gasteiger partial charge in [-0.2, -0.15) is 11.8 Å². The Morgan fingerprint density at radius 1 is 1.22 bits per heavy atom. The first-order valence-corrected chi connectivity index (χ1v) is 9.50. The standard InChI is InChI=1S/C16H25N5OS/c1-13-10-18-14(11-17-13)12-19-16(22)21-6-4-20(5-7-21)15-2-8-23-9-3-15/h10-11,15H,2-9,12H2,1H3,(H,19,22). The Morgan fingerprint density at radius 2 is 1.96 bits per heavy atom. The second kappa shape index (κ2) is 7.97. The lowest BCUT2D eigenvalue weighted by Gasteiger charge is -2.40. The number of amides is 2. The number of hydrogen-bond acceptors (Lipinski definition) is 5. The van der Waals surface area contributed by atoms with Gasteiger partial charge in [0, 0.05) is 38.4 Å². The SMILES string of the molecule is Cc1cnc(CNC(=O)N2CCN(C3CCSCC3)CC2)cn1. The molecule has 2 amide bonds. The highest BCUT2D eigenvalue weighted by molar-refractivity contribution is 7.99. The van der Waals surface area contributed by atoms with Crippen LogP contribution in [0, 0.1) is 6.92 Å². The van der Waals surface area contributed by atoms with Crippen LogP contribution in [0.15, 0.2) is 12.4 Å². The Kier molecular flexibility index (Phi) is 5.72. The van der Waals surface area contributed by atoms with Gasteiger partial charge >= 0.3 is 6.03 Å². The second-order valence-electron chi connectivity index (χ2n) is 6.17. The minimum atomic E-state index is 0.00576. The predicted molar refractivity (Wildman–Crippen MR) is 92.5 cm³/mol. The van der Waals surface area contributed by atoms with Crippen LogP contribution in [0.1, 0.15) is 24.2 Å². The zero-order valence-electron chi connectivity index (χ0n) is 13.7. The largest absolute Gasteiger partial charge is 0.332 e. The van der Waals surface area contributed by atoms with E-state index in [1.165, 1.54) is 24.3 Å². The highest BCUT2D eigenvalue weighted by Crippen LogP contribution is 2.22. The molecule has 3 rings (SSSR count). The molecule has 0 radical (unpaired) electrons. The van der Waals surface area contributed by atoms with Gasteiger partial charge < -0.3 is 10.2 Å². The third-order valence-corrected chi connectivity index (χ3v) is 5.61. The molecule has 0 aromatic carbocycles. The fourth-order valence-electron chi connectivity index (χ4n) is 3.13. The van der Waals surface area contributed by atoms with Gasteiger partial charge in [-0.3, -0.25) is 14.9 Å². The summed E-state index contributed by atoms with van der Waals surface area (Å²) in [5, 5.41) is 2.95. The molecule has 126 valence electrons. The minimum absolute atomic E-state index is 0.00576. The zero-order chi connectivity index (χ0) is 16.1. The summed E-state index contributed by atoms with van der Waals surface area (Å²) in [6.45, 7) is 5.95. The summed E-state index contributed by atoms with van der Waals surface area (Å²) in [7, 11) is 0. The van der Waals surface area contributed by atoms with E-state index >= 15 is 0 Å². The van der Waals surface area contributed by atoms with Crippen molar-refractivity contribution in [3.8, 4) is 0 Å². The molecule has 6 nitrogen and oxygen atoms in total. The highest BCUT2D eigenvalue weighted by atomic mass is 32.2. The summed E-state index contributed by atoms with van der Waals surface area (Å²) in [5.74, 6) is 2.56. The maximum Gasteiger partial charge on any atom is 0.317 e. The van der Waals surface area contributed by atoms with Gasteiger partial charge in [0.05, 0.1) is 24.1 Å². The molecule has 2 saturated heterocycles. The lowest BCUT2D eigenvalue weighted by Crippen LogP contribution is -2.54. The Balaban J connectivity index is 1.41. The number of urea groups is 1. The van der Waals surface area contributed by atoms with E-state index < -0.39 is 0 Å². The number of aromatic nitrogens is 2. The molecule has 2 aliphatic rings. The normalized spacial score (nSPS) is 20.5. The maximum absolute atomic E-state index is 12.3. The molecule has 0 saturated carbocycles. The molecule has 3 heterocycles. The summed E-state index contributed by atoms with van der Waals surface area (Å²) in [6.07, 6.45) is 6.03. The number of rotatable bonds is 3. The van der Waals surface area contributed by atoms with Crippen LogP contribution >= 0.6 is 11.8 Å². The molecule has 1 N–H and O–H groups in total. The summed E-state index contributed by atoms with van der Waals surface area (Å²) in [5.41, 5.74) is 1.68. The zero-order valence-corrected chi connectivity index (χ0v) is 14.5. The number of nitrogens with zero attached hydrogens (tertiary/aromatic N) is 4. The number of hydrogen-bond donors (Lipinski definition) is 1. The molecule has 0 spiro atoms. The fourth-order valence-corrected chi connectivity index (χ4v) is 4.21. The fraction of sp³-hybridized carbons (Fsp3) is 0.688. The summed E-state index contributed by atoms with van der Waals surface area (Å²) >= 11 is 2.06. The van der Waals surface area contributed by atoms with Crippen LogP contribution in [0.2, 0.25) is 0 Å². The summed E-state index contributed by atoms with van der Waals surface area (Å²) in [6, 6.07) is 0.732. The van der Waals surface area contributed by atoms with Gasteiger partial charge in [0.1, 0.15) is 0 Å². The summed E-state index contributed by atoms with van der Waals surface area (Å²) < 4.78 is 0. The van der Waals surface area contributed by atoms with Gasteiger partial charge in [-0.05, 0) is 31.3 Å². The number of thioether (sulfide) groups is 1. The van der Waals surface area contributed by atoms with Gasteiger partial charge in [0.2, 0.25) is 0 Å². The van der Waals surface area contributed by atoms with Gasteiger partial charge in [0.25, 0.3) is 0 Å². The molecular weight excluding hydrogens is 310 g/mol. The van der Waals surface area contributed by atoms with Crippen LogP contribution in [0.3, 0.4) is 0 Å². The van der Waals surface area contributed by atoms with Crippen molar-refractivity contribution < 1.29 is 4.79 Å². The van der Waals surface area contributed by atoms with Gasteiger partial charge in [-0.25, -0.2) is 4.79 Å². The van der Waals surface area contributed by atoms with E-state index in [9.17, 15) is 4.79 Å². The van der Waals surface area contributed by atoms with Crippen molar-refractivity contribution >= 4 is 17.8 Å². The third-order valence-electron chi connectivity index (χ3n) is 4.56. The van der Waals surface area contributed by atoms with Crippen LogP contribution in [-0.2, 0) is 6.54 Å². The van der Waals surface area contributed by atoms with Crippen LogP contribution in [0.25, 0.3) is 0 Å². The van der Waals surface area contributed by atoms with Crippen molar-refractivity contribution in [3.05, 3.63) is 23.8 Å². The Labute approximate surface area is 142 Å². The Morgan fingerprint density at radius 3 is 2.61 bits per heavy atom. The number of carbonyl (C=O) groups is 1. The average Bonchev–Trinajstić information content (AvgIpc) is 2.62. The van der Waals surface area contributed by atoms with Gasteiger partial charge in [-0.15, -0.1) is 0 Å². The maximum atomic E-state index is 12.3. The number of nitrogens with one attached hydrogen (secondary N) is 1. The molecule has 0 atom stereocenters. The van der Waals surface area contributed by atoms with E-state index in [-0.39, 0.29) is 6.03 Å². The first-order chi connectivity index (χ1) is 11.2. The quantitative estimate of drug-likeness (QED) is 0.907. The van der Waals surface area contributed by atoms with Crippen molar-refractivity contribution in [1.82, 2.24) is 25.1 Å². The van der Waals surface area contributed by atoms with Crippen molar-refractivity contribution in [2.75, 3.05) is 37.7 Å². The van der Waals surface area contributed by atoms with E-state index in [2.05, 4.69) is 31.9 Å². The van der Waals surface area contributed by atoms with Gasteiger partial charge in [-0.1, -0.05) is 0 Å². The van der Waals surface area contributed by atoms with E-state index in [0.717, 1.165) is 43.6 Å². The number of carbonyl (C=O) groups excluding carboxylic acids is 1. The molecular formula is C16H25N5OS. The Bertz CT molecular complexity index is 510. The highest BCUT2D eigenvalue weighted by Gasteiger charge is 2.27. The van der Waals surface area contributed by atoms with Crippen LogP contribution in [-0.4, -0.2) is 69.5 Å². The van der Waals surface area contributed by atoms with Crippen LogP contribution in [0.4, 0.5) is 4.79 Å². The molecule has 0 unspecified atom stereocenters. The van der Waals surface area contributed by atoms with E-state index in [1.54, 1.807) is 12.4 Å². The van der Waals surface area contributed by atoms with Crippen LogP contribution in [0.5, 0.6) is 0 Å². The summed E-state index contributed by atoms with van der Waals surface area (Å²) in [4.78, 5) is 25.2. The van der Waals surface area contributed by atoms with Crippen molar-refractivity contribution in [2.24, 2.45) is 0 Å². The third kappa shape index (κ3) is 4.57. The predicted octanol–water partition coefficient (Wildman–Crippen LogP) is 1.51. The molecule has 2 aliphatic heterocycles. The van der Waals surface area contributed by atoms with Crippen LogP contribution < -0.4 is 5.32 Å². The van der Waals surface area contributed by atoms with Gasteiger partial charge in [0.15, 0.2) is 0 Å². The smallest absolute Gasteiger partial charge is 0.317 e. The molecule has 1 aromatic rings. The van der Waals surface area contributed by atoms with Crippen molar-refractivity contribution in [2.45, 2.75) is 32.4 Å². The number of piperazine rings is 1. The molecule has 1 aromatic heterocycles. The lowest BCUT2D eigenvalue weighted by atomic mass is 10.1. The lowest BCUT2D eigenvalue weighted by molar-refractivity contribution is 0.104. The first kappa shape index (κ1) is 16.5.